The number of halogens is 1. The maximum absolute atomic E-state index is 14.5. The van der Waals surface area contributed by atoms with Crippen LogP contribution in [0.25, 0.3) is 0 Å². The zero-order valence-corrected chi connectivity index (χ0v) is 10.9. The molecule has 2 aromatic carbocycles. The van der Waals surface area contributed by atoms with Crippen LogP contribution in [0.1, 0.15) is 11.1 Å². The largest absolute Gasteiger partial charge is 0.480 e. The van der Waals surface area contributed by atoms with E-state index >= 15 is 0 Å². The number of alkyl halides is 1. The fraction of sp³-hybridized carbons (Fsp3) is 0.125. The van der Waals surface area contributed by atoms with Crippen LogP contribution in [0.3, 0.4) is 0 Å². The Bertz CT molecular complexity index is 600. The van der Waals surface area contributed by atoms with Crippen molar-refractivity contribution in [2.75, 3.05) is 0 Å². The highest BCUT2D eigenvalue weighted by atomic mass is 19.1. The van der Waals surface area contributed by atoms with E-state index < -0.39 is 23.5 Å². The smallest absolute Gasteiger partial charge is 0.340 e. The van der Waals surface area contributed by atoms with Crippen LogP contribution in [-0.4, -0.2) is 28.3 Å². The summed E-state index contributed by atoms with van der Waals surface area (Å²) in [6, 6.07) is 15.1. The molecule has 0 spiro atoms. The van der Waals surface area contributed by atoms with Gasteiger partial charge in [-0.3, -0.25) is 4.79 Å². The van der Waals surface area contributed by atoms with Crippen molar-refractivity contribution in [2.45, 2.75) is 11.6 Å². The average molecular weight is 288 g/mol. The second kappa shape index (κ2) is 5.75. The molecule has 2 aromatic rings. The van der Waals surface area contributed by atoms with Crippen LogP contribution >= 0.6 is 0 Å². The van der Waals surface area contributed by atoms with Crippen molar-refractivity contribution < 1.29 is 24.2 Å². The zero-order valence-electron chi connectivity index (χ0n) is 10.9. The van der Waals surface area contributed by atoms with Gasteiger partial charge in [-0.15, -0.1) is 0 Å². The van der Waals surface area contributed by atoms with E-state index in [0.717, 1.165) is 0 Å². The van der Waals surface area contributed by atoms with E-state index in [-0.39, 0.29) is 11.1 Å². The quantitative estimate of drug-likeness (QED) is 0.886. The molecule has 0 radical (unpaired) electrons. The molecule has 0 aliphatic heterocycles. The Hall–Kier alpha value is -2.69. The lowest BCUT2D eigenvalue weighted by atomic mass is 9.71. The van der Waals surface area contributed by atoms with Crippen LogP contribution < -0.4 is 0 Å². The van der Waals surface area contributed by atoms with E-state index in [9.17, 15) is 19.1 Å². The third-order valence-electron chi connectivity index (χ3n) is 3.39. The summed E-state index contributed by atoms with van der Waals surface area (Å²) in [6.07, 6.45) is -2.61. The molecule has 1 unspecified atom stereocenters. The lowest BCUT2D eigenvalue weighted by molar-refractivity contribution is -0.155. The van der Waals surface area contributed by atoms with Crippen molar-refractivity contribution in [3.63, 3.8) is 0 Å². The summed E-state index contributed by atoms with van der Waals surface area (Å²) in [5, 5.41) is 18.7. The Labute approximate surface area is 120 Å². The highest BCUT2D eigenvalue weighted by Crippen LogP contribution is 2.38. The molecule has 0 amide bonds. The molecule has 0 aliphatic carbocycles. The van der Waals surface area contributed by atoms with E-state index in [2.05, 4.69) is 0 Å². The van der Waals surface area contributed by atoms with Crippen LogP contribution in [0, 0.1) is 0 Å². The Kier molecular flexibility index (Phi) is 4.03. The second-order valence-electron chi connectivity index (χ2n) is 4.55. The molecular weight excluding hydrogens is 275 g/mol. The number of rotatable bonds is 5. The van der Waals surface area contributed by atoms with Crippen LogP contribution in [0.4, 0.5) is 4.39 Å². The molecular formula is C16H13FO4. The van der Waals surface area contributed by atoms with E-state index in [1.807, 2.05) is 0 Å². The van der Waals surface area contributed by atoms with Gasteiger partial charge in [-0.2, -0.15) is 0 Å². The number of benzene rings is 2. The minimum atomic E-state index is -2.61. The Morgan fingerprint density at radius 2 is 1.24 bits per heavy atom. The van der Waals surface area contributed by atoms with Gasteiger partial charge in [-0.05, 0) is 11.1 Å². The van der Waals surface area contributed by atoms with Crippen LogP contribution in [-0.2, 0) is 15.0 Å². The summed E-state index contributed by atoms with van der Waals surface area (Å²) >= 11 is 0. The molecule has 0 aromatic heterocycles. The summed E-state index contributed by atoms with van der Waals surface area (Å²) in [5.74, 6) is -3.36. The number of carboxylic acids is 2. The van der Waals surface area contributed by atoms with Gasteiger partial charge in [0.2, 0.25) is 6.17 Å². The van der Waals surface area contributed by atoms with E-state index in [1.165, 1.54) is 24.3 Å². The molecule has 0 aliphatic rings. The molecule has 5 heteroatoms. The van der Waals surface area contributed by atoms with Gasteiger partial charge in [-0.1, -0.05) is 60.7 Å². The molecule has 4 nitrogen and oxygen atoms in total. The van der Waals surface area contributed by atoms with Gasteiger partial charge >= 0.3 is 11.9 Å². The molecule has 0 heterocycles. The number of hydrogen-bond acceptors (Lipinski definition) is 2. The summed E-state index contributed by atoms with van der Waals surface area (Å²) in [5.41, 5.74) is -2.12. The third-order valence-corrected chi connectivity index (χ3v) is 3.39. The lowest BCUT2D eigenvalue weighted by Gasteiger charge is -2.31. The molecule has 0 saturated carbocycles. The van der Waals surface area contributed by atoms with Crippen molar-refractivity contribution in [3.8, 4) is 0 Å². The van der Waals surface area contributed by atoms with E-state index in [1.54, 1.807) is 36.4 Å². The van der Waals surface area contributed by atoms with Crippen molar-refractivity contribution in [1.29, 1.82) is 0 Å². The predicted octanol–water partition coefficient (Wildman–Crippen LogP) is 2.48. The Balaban J connectivity index is 2.79. The summed E-state index contributed by atoms with van der Waals surface area (Å²) in [4.78, 5) is 23.0. The maximum Gasteiger partial charge on any atom is 0.340 e. The summed E-state index contributed by atoms with van der Waals surface area (Å²) in [6.45, 7) is 0. The highest BCUT2D eigenvalue weighted by Gasteiger charge is 2.53. The van der Waals surface area contributed by atoms with E-state index in [4.69, 9.17) is 5.11 Å². The summed E-state index contributed by atoms with van der Waals surface area (Å²) < 4.78 is 14.5. The highest BCUT2D eigenvalue weighted by molar-refractivity contribution is 5.94. The SMILES string of the molecule is O=C(O)C(F)C(C(=O)O)(c1ccccc1)c1ccccc1. The third kappa shape index (κ3) is 2.38. The number of hydrogen-bond donors (Lipinski definition) is 2. The van der Waals surface area contributed by atoms with Gasteiger partial charge in [0.25, 0.3) is 0 Å². The predicted molar refractivity (Wildman–Crippen MR) is 73.8 cm³/mol. The van der Waals surface area contributed by atoms with Crippen LogP contribution in [0.2, 0.25) is 0 Å². The monoisotopic (exact) mass is 288 g/mol. The average Bonchev–Trinajstić information content (AvgIpc) is 2.49. The molecule has 2 rings (SSSR count). The zero-order chi connectivity index (χ0) is 15.5. The Morgan fingerprint density at radius 1 is 0.857 bits per heavy atom. The fourth-order valence-corrected chi connectivity index (χ4v) is 2.40. The van der Waals surface area contributed by atoms with Crippen molar-refractivity contribution in [2.24, 2.45) is 0 Å². The van der Waals surface area contributed by atoms with Crippen molar-refractivity contribution in [1.82, 2.24) is 0 Å². The second-order valence-corrected chi connectivity index (χ2v) is 4.55. The first-order valence-corrected chi connectivity index (χ1v) is 6.22. The molecule has 1 atom stereocenters. The molecule has 0 bridgehead atoms. The lowest BCUT2D eigenvalue weighted by Crippen LogP contribution is -2.49. The topological polar surface area (TPSA) is 74.6 Å². The maximum atomic E-state index is 14.5. The Morgan fingerprint density at radius 3 is 1.52 bits per heavy atom. The molecule has 21 heavy (non-hydrogen) atoms. The van der Waals surface area contributed by atoms with Crippen LogP contribution in [0.5, 0.6) is 0 Å². The molecule has 0 fully saturated rings. The minimum Gasteiger partial charge on any atom is -0.480 e. The van der Waals surface area contributed by atoms with Gasteiger partial charge in [0.1, 0.15) is 0 Å². The van der Waals surface area contributed by atoms with Crippen LogP contribution in [0.15, 0.2) is 60.7 Å². The minimum absolute atomic E-state index is 0.0820. The molecule has 2 N–H and O–H groups in total. The first kappa shape index (κ1) is 14.7. The van der Waals surface area contributed by atoms with Crippen molar-refractivity contribution in [3.05, 3.63) is 71.8 Å². The first-order chi connectivity index (χ1) is 10.0. The fourth-order valence-electron chi connectivity index (χ4n) is 2.40. The van der Waals surface area contributed by atoms with Crippen molar-refractivity contribution >= 4 is 11.9 Å². The van der Waals surface area contributed by atoms with E-state index in [0.29, 0.717) is 0 Å². The standard InChI is InChI=1S/C16H13FO4/c17-13(14(18)19)16(15(20)21,11-7-3-1-4-8-11)12-9-5-2-6-10-12/h1-10,13H,(H,18,19)(H,20,21). The molecule has 108 valence electrons. The first-order valence-electron chi connectivity index (χ1n) is 6.22. The van der Waals surface area contributed by atoms with Gasteiger partial charge in [0, 0.05) is 0 Å². The number of carbonyl (C=O) groups is 2. The van der Waals surface area contributed by atoms with Gasteiger partial charge in [0.05, 0.1) is 0 Å². The van der Waals surface area contributed by atoms with Gasteiger partial charge in [0.15, 0.2) is 5.41 Å². The van der Waals surface area contributed by atoms with Gasteiger partial charge < -0.3 is 10.2 Å². The molecule has 0 saturated heterocycles. The summed E-state index contributed by atoms with van der Waals surface area (Å²) in [7, 11) is 0. The number of aliphatic carboxylic acids is 2. The number of carboxylic acid groups (broad SMARTS) is 2. The van der Waals surface area contributed by atoms with Gasteiger partial charge in [-0.25, -0.2) is 9.18 Å². The normalized spacial score (nSPS) is 12.6.